The number of hydrogen-bond donors (Lipinski definition) is 2. The summed E-state index contributed by atoms with van der Waals surface area (Å²) >= 11 is 12.5. The number of halogens is 2. The Morgan fingerprint density at radius 3 is 2.76 bits per heavy atom. The van der Waals surface area contributed by atoms with Gasteiger partial charge < -0.3 is 15.0 Å². The summed E-state index contributed by atoms with van der Waals surface area (Å²) in [4.78, 5) is 34.6. The number of aromatic nitrogens is 2. The third-order valence-corrected chi connectivity index (χ3v) is 6.50. The average molecular weight is 492 g/mol. The van der Waals surface area contributed by atoms with E-state index in [2.05, 4.69) is 22.0 Å². The molecule has 10 heteroatoms. The van der Waals surface area contributed by atoms with Crippen LogP contribution in [0.4, 0.5) is 5.69 Å². The van der Waals surface area contributed by atoms with Crippen LogP contribution in [0.3, 0.4) is 0 Å². The largest absolute Gasteiger partial charge is 0.480 e. The van der Waals surface area contributed by atoms with Gasteiger partial charge >= 0.3 is 5.97 Å². The predicted molar refractivity (Wildman–Crippen MR) is 130 cm³/mol. The molecule has 3 rings (SSSR count). The molecule has 0 saturated carbocycles. The van der Waals surface area contributed by atoms with Crippen LogP contribution >= 0.6 is 23.2 Å². The molecule has 1 amide bonds. The number of rotatable bonds is 9. The molecule has 1 aliphatic rings. The topological polar surface area (TPSA) is 99.8 Å². The van der Waals surface area contributed by atoms with E-state index in [1.807, 2.05) is 21.6 Å². The van der Waals surface area contributed by atoms with Crippen molar-refractivity contribution >= 4 is 53.2 Å². The molecule has 1 aromatic heterocycles. The molecule has 8 nitrogen and oxygen atoms in total. The van der Waals surface area contributed by atoms with Crippen LogP contribution in [-0.4, -0.2) is 63.3 Å². The molecule has 1 saturated heterocycles. The summed E-state index contributed by atoms with van der Waals surface area (Å²) in [7, 11) is 0. The summed E-state index contributed by atoms with van der Waals surface area (Å²) in [6.07, 6.45) is 8.61. The molecule has 0 spiro atoms. The van der Waals surface area contributed by atoms with Crippen molar-refractivity contribution < 1.29 is 14.7 Å². The lowest BCUT2D eigenvalue weighted by molar-refractivity contribution is -0.143. The molecule has 1 fully saturated rings. The number of benzene rings is 1. The van der Waals surface area contributed by atoms with Gasteiger partial charge in [0.25, 0.3) is 0 Å². The summed E-state index contributed by atoms with van der Waals surface area (Å²) in [5.74, 6) is -1.52. The Labute approximate surface area is 202 Å². The zero-order valence-electron chi connectivity index (χ0n) is 18.5. The Hall–Kier alpha value is -2.68. The highest BCUT2D eigenvalue weighted by Gasteiger charge is 2.33. The Kier molecular flexibility index (Phi) is 8.29. The van der Waals surface area contributed by atoms with E-state index in [0.29, 0.717) is 28.7 Å². The number of aliphatic imine (C=N–C) groups is 1. The second-order valence-electron chi connectivity index (χ2n) is 8.20. The summed E-state index contributed by atoms with van der Waals surface area (Å²) in [6, 6.07) is 2.19. The first-order valence-electron chi connectivity index (χ1n) is 10.6. The fourth-order valence-electron chi connectivity index (χ4n) is 3.97. The van der Waals surface area contributed by atoms with Crippen molar-refractivity contribution in [2.75, 3.05) is 13.1 Å². The van der Waals surface area contributed by atoms with Gasteiger partial charge in [0.05, 0.1) is 33.8 Å². The minimum absolute atomic E-state index is 0.214. The van der Waals surface area contributed by atoms with Crippen molar-refractivity contribution in [1.82, 2.24) is 19.8 Å². The summed E-state index contributed by atoms with van der Waals surface area (Å²) in [6.45, 7) is 8.35. The Bertz CT molecular complexity index is 1050. The Balaban J connectivity index is 1.88. The van der Waals surface area contributed by atoms with Crippen molar-refractivity contribution in [3.63, 3.8) is 0 Å². The molecular formula is C23H27Cl2N5O3. The van der Waals surface area contributed by atoms with Crippen molar-refractivity contribution in [3.05, 3.63) is 52.5 Å². The van der Waals surface area contributed by atoms with E-state index in [1.54, 1.807) is 38.6 Å². The van der Waals surface area contributed by atoms with E-state index >= 15 is 0 Å². The number of hydrogen-bond acceptors (Lipinski definition) is 5. The molecule has 0 unspecified atom stereocenters. The van der Waals surface area contributed by atoms with Gasteiger partial charge in [0.2, 0.25) is 5.91 Å². The lowest BCUT2D eigenvalue weighted by Gasteiger charge is -2.26. The van der Waals surface area contributed by atoms with Crippen LogP contribution in [-0.2, 0) is 9.59 Å². The van der Waals surface area contributed by atoms with Gasteiger partial charge in [0.1, 0.15) is 6.04 Å². The number of imidazole rings is 1. The maximum atomic E-state index is 12.9. The highest BCUT2D eigenvalue weighted by Crippen LogP contribution is 2.38. The lowest BCUT2D eigenvalue weighted by atomic mass is 10.0. The first kappa shape index (κ1) is 25.0. The highest BCUT2D eigenvalue weighted by atomic mass is 35.5. The molecule has 0 bridgehead atoms. The van der Waals surface area contributed by atoms with Crippen molar-refractivity contribution in [2.24, 2.45) is 10.9 Å². The number of nitrogens with zero attached hydrogens (tertiary/aromatic N) is 4. The van der Waals surface area contributed by atoms with Crippen molar-refractivity contribution in [1.29, 1.82) is 0 Å². The molecule has 2 heterocycles. The van der Waals surface area contributed by atoms with Gasteiger partial charge in [0, 0.05) is 24.5 Å². The maximum Gasteiger partial charge on any atom is 0.326 e. The number of amides is 1. The van der Waals surface area contributed by atoms with Crippen LogP contribution < -0.4 is 5.32 Å². The van der Waals surface area contributed by atoms with E-state index < -0.39 is 18.1 Å². The number of carbonyl (C=O) groups is 2. The fraction of sp³-hybridized carbons (Fsp3) is 0.391. The van der Waals surface area contributed by atoms with Crippen LogP contribution in [0.25, 0.3) is 5.70 Å². The number of likely N-dealkylation sites (tertiary alicyclic amines) is 1. The van der Waals surface area contributed by atoms with E-state index in [9.17, 15) is 14.7 Å². The predicted octanol–water partition coefficient (Wildman–Crippen LogP) is 4.10. The van der Waals surface area contributed by atoms with Gasteiger partial charge in [-0.25, -0.2) is 9.78 Å². The Morgan fingerprint density at radius 2 is 2.15 bits per heavy atom. The maximum absolute atomic E-state index is 12.9. The van der Waals surface area contributed by atoms with Crippen LogP contribution in [0.15, 0.2) is 41.9 Å². The Morgan fingerprint density at radius 1 is 1.39 bits per heavy atom. The van der Waals surface area contributed by atoms with Crippen LogP contribution in [0.5, 0.6) is 0 Å². The molecular weight excluding hydrogens is 465 g/mol. The smallest absolute Gasteiger partial charge is 0.326 e. The van der Waals surface area contributed by atoms with Crippen molar-refractivity contribution in [3.8, 4) is 0 Å². The molecule has 1 aliphatic heterocycles. The summed E-state index contributed by atoms with van der Waals surface area (Å²) < 4.78 is 1.83. The first-order chi connectivity index (χ1) is 15.7. The quantitative estimate of drug-likeness (QED) is 0.514. The minimum Gasteiger partial charge on any atom is -0.480 e. The number of carboxylic acid groups (broad SMARTS) is 1. The fourth-order valence-corrected chi connectivity index (χ4v) is 4.34. The number of nitrogens with one attached hydrogen (secondary N) is 1. The van der Waals surface area contributed by atoms with Gasteiger partial charge in [-0.2, -0.15) is 0 Å². The molecule has 0 radical (unpaired) electrons. The molecule has 2 atom stereocenters. The van der Waals surface area contributed by atoms with E-state index in [-0.39, 0.29) is 11.8 Å². The molecule has 0 aliphatic carbocycles. The van der Waals surface area contributed by atoms with Gasteiger partial charge in [-0.3, -0.25) is 14.7 Å². The molecule has 176 valence electrons. The van der Waals surface area contributed by atoms with Gasteiger partial charge in [0.15, 0.2) is 0 Å². The molecule has 2 N–H and O–H groups in total. The zero-order chi connectivity index (χ0) is 24.1. The van der Waals surface area contributed by atoms with Crippen LogP contribution in [0.2, 0.25) is 10.0 Å². The highest BCUT2D eigenvalue weighted by molar-refractivity contribution is 6.43. The van der Waals surface area contributed by atoms with Crippen molar-refractivity contribution in [2.45, 2.75) is 38.8 Å². The number of aliphatic carboxylic acids is 1. The first-order valence-corrected chi connectivity index (χ1v) is 11.4. The molecule has 33 heavy (non-hydrogen) atoms. The third kappa shape index (κ3) is 5.63. The SMILES string of the molecule is C=Nc1c(/C(=C\CN2CCC[C@H]2C(=O)N[C@H](C(=O)O)C(C)C)n2ccnc2)ccc(Cl)c1Cl. The lowest BCUT2D eigenvalue weighted by Crippen LogP contribution is -2.51. The third-order valence-electron chi connectivity index (χ3n) is 5.70. The second-order valence-corrected chi connectivity index (χ2v) is 8.98. The van der Waals surface area contributed by atoms with Gasteiger partial charge in [-0.15, -0.1) is 0 Å². The minimum atomic E-state index is -1.03. The zero-order valence-corrected chi connectivity index (χ0v) is 20.1. The normalized spacial score (nSPS) is 17.8. The average Bonchev–Trinajstić information content (AvgIpc) is 3.46. The summed E-state index contributed by atoms with van der Waals surface area (Å²) in [5, 5.41) is 12.8. The molecule has 2 aromatic rings. The number of carboxylic acids is 1. The van der Waals surface area contributed by atoms with E-state index in [1.165, 1.54) is 0 Å². The summed E-state index contributed by atoms with van der Waals surface area (Å²) in [5.41, 5.74) is 1.95. The van der Waals surface area contributed by atoms with Gasteiger partial charge in [-0.05, 0) is 50.2 Å². The number of carbonyl (C=O) groups excluding carboxylic acids is 1. The second kappa shape index (κ2) is 11.0. The van der Waals surface area contributed by atoms with E-state index in [0.717, 1.165) is 24.2 Å². The standard InChI is InChI=1S/C23H27Cl2N5O3/c1-14(2)20(23(32)33)28-22(31)18-5-4-10-29(18)11-8-17(30-12-9-27-13-30)15-6-7-16(24)19(25)21(15)26-3/h6-9,12-14,18,20H,3-5,10-11H2,1-2H3,(H,28,31)(H,32,33)/b17-8+/t18-,20-/m0/s1. The van der Waals surface area contributed by atoms with Crippen LogP contribution in [0, 0.1) is 5.92 Å². The van der Waals surface area contributed by atoms with E-state index in [4.69, 9.17) is 23.2 Å². The monoisotopic (exact) mass is 491 g/mol. The molecule has 1 aromatic carbocycles. The van der Waals surface area contributed by atoms with Crippen LogP contribution in [0.1, 0.15) is 32.3 Å². The van der Waals surface area contributed by atoms with Gasteiger partial charge in [-0.1, -0.05) is 37.0 Å².